The second-order valence-electron chi connectivity index (χ2n) is 4.73. The maximum atomic E-state index is 12.1. The van der Waals surface area contributed by atoms with E-state index in [-0.39, 0.29) is 5.75 Å². The minimum absolute atomic E-state index is 0.0449. The van der Waals surface area contributed by atoms with Gasteiger partial charge in [-0.3, -0.25) is 4.98 Å². The van der Waals surface area contributed by atoms with Crippen LogP contribution in [-0.2, 0) is 28.7 Å². The lowest BCUT2D eigenvalue weighted by Crippen LogP contribution is -2.27. The van der Waals surface area contributed by atoms with Crippen molar-refractivity contribution in [3.63, 3.8) is 0 Å². The van der Waals surface area contributed by atoms with Crippen molar-refractivity contribution >= 4 is 10.0 Å². The first kappa shape index (κ1) is 15.6. The fraction of sp³-hybridized carbons (Fsp3) is 0.267. The smallest absolute Gasteiger partial charge is 0.215 e. The molecule has 0 atom stereocenters. The Bertz CT molecular complexity index is 672. The van der Waals surface area contributed by atoms with E-state index in [1.807, 2.05) is 30.3 Å². The Morgan fingerprint density at radius 1 is 1.05 bits per heavy atom. The molecule has 1 heterocycles. The van der Waals surface area contributed by atoms with E-state index in [0.29, 0.717) is 19.5 Å². The molecule has 1 aromatic heterocycles. The number of sulfonamides is 1. The normalized spacial score (nSPS) is 11.5. The third-order valence-corrected chi connectivity index (χ3v) is 4.50. The van der Waals surface area contributed by atoms with Crippen LogP contribution in [0.4, 0.5) is 0 Å². The van der Waals surface area contributed by atoms with Crippen LogP contribution >= 0.6 is 0 Å². The van der Waals surface area contributed by atoms with Crippen molar-refractivity contribution in [2.75, 3.05) is 6.54 Å². The lowest BCUT2D eigenvalue weighted by Gasteiger charge is -2.10. The Morgan fingerprint density at radius 2 is 1.71 bits per heavy atom. The van der Waals surface area contributed by atoms with Gasteiger partial charge in [0.1, 0.15) is 0 Å². The molecule has 0 aliphatic heterocycles. The topological polar surface area (TPSA) is 85.1 Å². The third-order valence-electron chi connectivity index (χ3n) is 3.17. The van der Waals surface area contributed by atoms with Gasteiger partial charge in [0.05, 0.1) is 5.75 Å². The second kappa shape index (κ2) is 7.31. The van der Waals surface area contributed by atoms with Crippen LogP contribution in [0, 0.1) is 0 Å². The molecule has 0 spiro atoms. The quantitative estimate of drug-likeness (QED) is 0.805. The van der Waals surface area contributed by atoms with Gasteiger partial charge < -0.3 is 5.73 Å². The second-order valence-corrected chi connectivity index (χ2v) is 6.54. The van der Waals surface area contributed by atoms with Crippen molar-refractivity contribution in [2.45, 2.75) is 18.7 Å². The van der Waals surface area contributed by atoms with Gasteiger partial charge in [0.2, 0.25) is 10.0 Å². The van der Waals surface area contributed by atoms with Crippen molar-refractivity contribution in [1.82, 2.24) is 9.71 Å². The summed E-state index contributed by atoms with van der Waals surface area (Å²) in [4.78, 5) is 3.93. The third kappa shape index (κ3) is 4.93. The summed E-state index contributed by atoms with van der Waals surface area (Å²) in [7, 11) is -3.36. The molecule has 21 heavy (non-hydrogen) atoms. The van der Waals surface area contributed by atoms with E-state index in [1.165, 1.54) is 0 Å². The fourth-order valence-electron chi connectivity index (χ4n) is 2.05. The molecule has 0 radical (unpaired) electrons. The standard InChI is InChI=1S/C15H19N3O2S/c16-11-14-3-1-2-4-15(14)12-21(19,20)18-10-7-13-5-8-17-9-6-13/h1-6,8-9,18H,7,10-12,16H2. The van der Waals surface area contributed by atoms with Crippen molar-refractivity contribution in [3.05, 3.63) is 65.5 Å². The van der Waals surface area contributed by atoms with E-state index in [0.717, 1.165) is 16.7 Å². The highest BCUT2D eigenvalue weighted by molar-refractivity contribution is 7.88. The molecule has 0 saturated heterocycles. The molecule has 5 nitrogen and oxygen atoms in total. The molecule has 0 unspecified atom stereocenters. The van der Waals surface area contributed by atoms with E-state index in [1.54, 1.807) is 18.5 Å². The summed E-state index contributed by atoms with van der Waals surface area (Å²) in [5, 5.41) is 0. The summed E-state index contributed by atoms with van der Waals surface area (Å²) in [6.45, 7) is 0.708. The van der Waals surface area contributed by atoms with Gasteiger partial charge in [0.15, 0.2) is 0 Å². The fourth-order valence-corrected chi connectivity index (χ4v) is 3.26. The molecule has 0 saturated carbocycles. The lowest BCUT2D eigenvalue weighted by molar-refractivity contribution is 0.580. The molecule has 1 aromatic carbocycles. The van der Waals surface area contributed by atoms with Crippen molar-refractivity contribution in [2.24, 2.45) is 5.73 Å². The van der Waals surface area contributed by atoms with Crippen LogP contribution in [0.2, 0.25) is 0 Å². The Kier molecular flexibility index (Phi) is 5.44. The van der Waals surface area contributed by atoms with Gasteiger partial charge >= 0.3 is 0 Å². The van der Waals surface area contributed by atoms with Crippen molar-refractivity contribution in [1.29, 1.82) is 0 Å². The van der Waals surface area contributed by atoms with Crippen LogP contribution < -0.4 is 10.5 Å². The zero-order valence-electron chi connectivity index (χ0n) is 11.7. The van der Waals surface area contributed by atoms with Gasteiger partial charge in [-0.1, -0.05) is 24.3 Å². The Balaban J connectivity index is 1.93. The van der Waals surface area contributed by atoms with Gasteiger partial charge in [-0.25, -0.2) is 13.1 Å². The van der Waals surface area contributed by atoms with E-state index in [9.17, 15) is 8.42 Å². The zero-order valence-corrected chi connectivity index (χ0v) is 12.5. The highest BCUT2D eigenvalue weighted by Crippen LogP contribution is 2.11. The average molecular weight is 305 g/mol. The number of rotatable bonds is 7. The van der Waals surface area contributed by atoms with Gasteiger partial charge in [-0.2, -0.15) is 0 Å². The number of benzene rings is 1. The van der Waals surface area contributed by atoms with E-state index in [2.05, 4.69) is 9.71 Å². The molecule has 6 heteroatoms. The molecular weight excluding hydrogens is 286 g/mol. The first-order valence-corrected chi connectivity index (χ1v) is 8.39. The minimum Gasteiger partial charge on any atom is -0.326 e. The molecular formula is C15H19N3O2S. The highest BCUT2D eigenvalue weighted by Gasteiger charge is 2.13. The first-order valence-electron chi connectivity index (χ1n) is 6.74. The van der Waals surface area contributed by atoms with Crippen LogP contribution in [-0.4, -0.2) is 19.9 Å². The molecule has 3 N–H and O–H groups in total. The molecule has 0 fully saturated rings. The number of nitrogens with zero attached hydrogens (tertiary/aromatic N) is 1. The summed E-state index contributed by atoms with van der Waals surface area (Å²) >= 11 is 0. The largest absolute Gasteiger partial charge is 0.326 e. The molecule has 112 valence electrons. The Labute approximate surface area is 125 Å². The molecule has 0 bridgehead atoms. The first-order chi connectivity index (χ1) is 10.1. The van der Waals surface area contributed by atoms with Gasteiger partial charge in [0, 0.05) is 25.5 Å². The zero-order chi connectivity index (χ0) is 15.1. The molecule has 0 aliphatic rings. The summed E-state index contributed by atoms with van der Waals surface area (Å²) in [6.07, 6.45) is 4.03. The van der Waals surface area contributed by atoms with Crippen LogP contribution in [0.15, 0.2) is 48.8 Å². The lowest BCUT2D eigenvalue weighted by atomic mass is 10.1. The average Bonchev–Trinajstić information content (AvgIpc) is 2.48. The predicted octanol–water partition coefficient (Wildman–Crippen LogP) is 1.20. The van der Waals surface area contributed by atoms with Crippen LogP contribution in [0.5, 0.6) is 0 Å². The minimum atomic E-state index is -3.36. The molecule has 2 aromatic rings. The van der Waals surface area contributed by atoms with Crippen molar-refractivity contribution in [3.8, 4) is 0 Å². The van der Waals surface area contributed by atoms with Crippen LogP contribution in [0.1, 0.15) is 16.7 Å². The van der Waals surface area contributed by atoms with Crippen LogP contribution in [0.3, 0.4) is 0 Å². The Morgan fingerprint density at radius 3 is 2.38 bits per heavy atom. The SMILES string of the molecule is NCc1ccccc1CS(=O)(=O)NCCc1ccncc1. The number of nitrogens with two attached hydrogens (primary N) is 1. The maximum absolute atomic E-state index is 12.1. The summed E-state index contributed by atoms with van der Waals surface area (Å²) in [6, 6.07) is 11.1. The molecule has 0 aliphatic carbocycles. The van der Waals surface area contributed by atoms with E-state index < -0.39 is 10.0 Å². The molecule has 0 amide bonds. The summed E-state index contributed by atoms with van der Waals surface area (Å²) in [5.41, 5.74) is 8.28. The number of hydrogen-bond donors (Lipinski definition) is 2. The summed E-state index contributed by atoms with van der Waals surface area (Å²) in [5.74, 6) is -0.0449. The highest BCUT2D eigenvalue weighted by atomic mass is 32.2. The number of aromatic nitrogens is 1. The van der Waals surface area contributed by atoms with E-state index in [4.69, 9.17) is 5.73 Å². The Hall–Kier alpha value is -1.76. The predicted molar refractivity (Wildman–Crippen MR) is 82.9 cm³/mol. The number of pyridine rings is 1. The van der Waals surface area contributed by atoms with Crippen molar-refractivity contribution < 1.29 is 8.42 Å². The molecule has 2 rings (SSSR count). The maximum Gasteiger partial charge on any atom is 0.215 e. The van der Waals surface area contributed by atoms with Crippen LogP contribution in [0.25, 0.3) is 0 Å². The number of nitrogens with one attached hydrogen (secondary N) is 1. The van der Waals surface area contributed by atoms with Gasteiger partial charge in [0.25, 0.3) is 0 Å². The van der Waals surface area contributed by atoms with Gasteiger partial charge in [-0.15, -0.1) is 0 Å². The monoisotopic (exact) mass is 305 g/mol. The van der Waals surface area contributed by atoms with Gasteiger partial charge in [-0.05, 0) is 35.2 Å². The summed E-state index contributed by atoms with van der Waals surface area (Å²) < 4.78 is 26.8. The van der Waals surface area contributed by atoms with E-state index >= 15 is 0 Å². The number of hydrogen-bond acceptors (Lipinski definition) is 4.